The molecule has 1 aliphatic carbocycles. The second kappa shape index (κ2) is 31.6. The Morgan fingerprint density at radius 2 is 1.60 bits per heavy atom. The summed E-state index contributed by atoms with van der Waals surface area (Å²) in [6.07, 6.45) is -5.57. The third-order valence-corrected chi connectivity index (χ3v) is 18.8. The molecule has 3 amide bonds. The van der Waals surface area contributed by atoms with Crippen molar-refractivity contribution < 1.29 is 129 Å². The number of phosphoric acid groups is 3. The molecule has 1 fully saturated rings. The van der Waals surface area contributed by atoms with Crippen LogP contribution in [0.5, 0.6) is 5.75 Å². The summed E-state index contributed by atoms with van der Waals surface area (Å²) in [5, 5.41) is 31.5. The number of carbonyl (C=O) groups is 4. The number of rotatable bonds is 31. The first kappa shape index (κ1) is 76.3. The van der Waals surface area contributed by atoms with Crippen LogP contribution in [0.3, 0.4) is 0 Å². The van der Waals surface area contributed by atoms with Crippen molar-refractivity contribution in [3.63, 3.8) is 0 Å². The molecule has 98 heavy (non-hydrogen) atoms. The van der Waals surface area contributed by atoms with Crippen molar-refractivity contribution in [2.75, 3.05) is 58.4 Å². The van der Waals surface area contributed by atoms with Gasteiger partial charge in [0.25, 0.3) is 38.0 Å². The zero-order valence-corrected chi connectivity index (χ0v) is 54.3. The van der Waals surface area contributed by atoms with Crippen LogP contribution in [0.1, 0.15) is 61.8 Å². The molecule has 3 aliphatic rings. The number of nitrogens with one attached hydrogen (secondary N) is 4. The first-order chi connectivity index (χ1) is 45.8. The van der Waals surface area contributed by atoms with E-state index in [0.717, 1.165) is 41.1 Å². The molecular weight excluding hydrogens is 1420 g/mol. The lowest BCUT2D eigenvalue weighted by Gasteiger charge is -2.24. The number of phosphoric ester groups is 1. The molecule has 0 bridgehead atoms. The van der Waals surface area contributed by atoms with Crippen molar-refractivity contribution in [3.05, 3.63) is 137 Å². The highest BCUT2D eigenvalue weighted by molar-refractivity contribution is 7.86. The van der Waals surface area contributed by atoms with E-state index in [1.165, 1.54) is 43.3 Å². The van der Waals surface area contributed by atoms with Crippen LogP contribution in [0.2, 0.25) is 0 Å². The van der Waals surface area contributed by atoms with Crippen LogP contribution >= 0.6 is 23.5 Å². The minimum Gasteiger partial charge on any atom is -0.491 e. The largest absolute Gasteiger partial charge is 0.491 e. The molecule has 41 nitrogen and oxygen atoms in total. The number of aromatic carboxylic acids is 1. The molecule has 4 unspecified atom stereocenters. The molecule has 7 rings (SSSR count). The molecular formula is C51H53FN13O28P3S2. The number of azide groups is 2. The van der Waals surface area contributed by atoms with E-state index in [0.29, 0.717) is 6.92 Å². The van der Waals surface area contributed by atoms with E-state index in [4.69, 9.17) is 60.1 Å². The maximum absolute atomic E-state index is 14.9. The highest BCUT2D eigenvalue weighted by atomic mass is 32.2. The molecule has 47 heteroatoms. The predicted molar refractivity (Wildman–Crippen MR) is 326 cm³/mol. The van der Waals surface area contributed by atoms with Gasteiger partial charge in [-0.1, -0.05) is 35.2 Å². The lowest BCUT2D eigenvalue weighted by Crippen LogP contribution is -2.35. The van der Waals surface area contributed by atoms with Crippen molar-refractivity contribution in [1.82, 2.24) is 25.5 Å². The molecule has 7 atom stereocenters. The summed E-state index contributed by atoms with van der Waals surface area (Å²) in [4.78, 5) is 109. The van der Waals surface area contributed by atoms with Crippen LogP contribution in [-0.2, 0) is 70.8 Å². The molecule has 0 spiro atoms. The zero-order valence-electron chi connectivity index (χ0n) is 50.0. The number of nitrogen functional groups attached to an aromatic ring is 1. The fraction of sp³-hybridized carbons (Fsp3) is 0.314. The number of hydrogen-bond acceptors (Lipinski definition) is 26. The van der Waals surface area contributed by atoms with Crippen molar-refractivity contribution in [2.45, 2.75) is 60.7 Å². The number of nitrogens with zero attached hydrogens (tertiary/aromatic N) is 8. The van der Waals surface area contributed by atoms with Gasteiger partial charge in [0.2, 0.25) is 5.91 Å². The summed E-state index contributed by atoms with van der Waals surface area (Å²) in [6.45, 7) is -1.38. The van der Waals surface area contributed by atoms with Gasteiger partial charge in [-0.2, -0.15) is 30.4 Å². The average Bonchev–Trinajstić information content (AvgIpc) is 0.818. The normalized spacial score (nSPS) is 16.9. The summed E-state index contributed by atoms with van der Waals surface area (Å²) >= 11 is 0. The molecule has 0 saturated carbocycles. The number of carboxylic acids is 1. The molecule has 2 aliphatic heterocycles. The zero-order chi connectivity index (χ0) is 72.3. The standard InChI is InChI=1S/C51H53FN13O28P3S2/c1-26-8-10-32-41(33-12-13-35(53)45(98(82,83)84)43(33)90-42(32)44(26)97(79,80)81)34-20-28(9-11-31(34)49(69)70)48(68)59-16-15-58-47(67)27-5-3-7-30(19-27)87-25-39(61-63-55)86-18-17-85-24-38(66)57-14-4-6-29-22-65(50(71)60-46(29)54)40-21-36(91-51(2,52)62-64-56)37(89-40)23-88-95(75,76)93-96(77,78)92-94(72,73)74/h3,5,7-13,19-20,22,36-37,39-40,53H,14-18,21,23-25H2,1-2H3,(H,57,66)(H,58,67)(H,59,68)(H,69,70)(H,75,76)(H,77,78)(H2,54,60,71)(H2,72,73,74)(H,79,80,81)(H,82,83,84)/t36?,37-,39?,40-,51-/m1/s1. The third-order valence-electron chi connectivity index (χ3n) is 13.1. The van der Waals surface area contributed by atoms with Crippen LogP contribution in [0.4, 0.5) is 10.2 Å². The summed E-state index contributed by atoms with van der Waals surface area (Å²) < 4.78 is 167. The number of carbonyl (C=O) groups excluding carboxylic acids is 3. The van der Waals surface area contributed by atoms with Crippen LogP contribution < -0.4 is 37.5 Å². The van der Waals surface area contributed by atoms with Gasteiger partial charge in [-0.3, -0.25) is 38.0 Å². The number of alkyl halides is 1. The van der Waals surface area contributed by atoms with Crippen LogP contribution in [0, 0.1) is 24.2 Å². The summed E-state index contributed by atoms with van der Waals surface area (Å²) in [7, 11) is -27.9. The van der Waals surface area contributed by atoms with E-state index >= 15 is 0 Å². The Hall–Kier alpha value is -9.11. The fourth-order valence-corrected chi connectivity index (χ4v) is 13.8. The number of fused-ring (bicyclic) bond motifs is 2. The van der Waals surface area contributed by atoms with E-state index in [2.05, 4.69) is 66.0 Å². The number of nitrogens with two attached hydrogens (primary N) is 1. The highest BCUT2D eigenvalue weighted by Crippen LogP contribution is 2.66. The Morgan fingerprint density at radius 1 is 0.918 bits per heavy atom. The van der Waals surface area contributed by atoms with E-state index < -0.39 is 161 Å². The molecule has 3 heterocycles. The second-order valence-electron chi connectivity index (χ2n) is 20.1. The van der Waals surface area contributed by atoms with Crippen molar-refractivity contribution in [1.29, 1.82) is 5.41 Å². The molecule has 3 aromatic carbocycles. The molecule has 1 saturated heterocycles. The Labute approximate surface area is 548 Å². The second-order valence-corrected chi connectivity index (χ2v) is 27.2. The van der Waals surface area contributed by atoms with Gasteiger partial charge < -0.3 is 74.5 Å². The number of carboxylic acid groups (broad SMARTS) is 1. The number of aryl methyl sites for hydroxylation is 1. The summed E-state index contributed by atoms with van der Waals surface area (Å²) in [6, 6.07) is 13.6. The fourth-order valence-electron chi connectivity index (χ4n) is 9.16. The van der Waals surface area contributed by atoms with Gasteiger partial charge in [-0.25, -0.2) is 27.7 Å². The van der Waals surface area contributed by atoms with Crippen molar-refractivity contribution >= 4 is 84.2 Å². The third kappa shape index (κ3) is 20.5. The number of amides is 3. The van der Waals surface area contributed by atoms with E-state index in [9.17, 15) is 82.9 Å². The van der Waals surface area contributed by atoms with Crippen LogP contribution in [-0.4, -0.2) is 161 Å². The quantitative estimate of drug-likeness (QED) is 0.00340. The lowest BCUT2D eigenvalue weighted by molar-refractivity contribution is -0.178. The molecule has 13 N–H and O–H groups in total. The average molecular weight is 1470 g/mol. The topological polar surface area (TPSA) is 635 Å². The van der Waals surface area contributed by atoms with Crippen LogP contribution in [0.25, 0.3) is 54.3 Å². The van der Waals surface area contributed by atoms with Crippen molar-refractivity contribution in [3.8, 4) is 40.0 Å². The Kier molecular flexibility index (Phi) is 24.6. The predicted octanol–water partition coefficient (Wildman–Crippen LogP) is 3.67. The maximum Gasteiger partial charge on any atom is 0.490 e. The first-order valence-corrected chi connectivity index (χ1v) is 34.6. The van der Waals surface area contributed by atoms with Gasteiger partial charge >= 0.3 is 35.1 Å². The Morgan fingerprint density at radius 3 is 2.24 bits per heavy atom. The van der Waals surface area contributed by atoms with Gasteiger partial charge in [0.05, 0.1) is 49.0 Å². The Bertz CT molecular complexity index is 4790. The summed E-state index contributed by atoms with van der Waals surface area (Å²) in [5.41, 5.74) is 20.4. The smallest absolute Gasteiger partial charge is 0.490 e. The number of hydrogen-bond donors (Lipinski definition) is 12. The number of benzene rings is 4. The van der Waals surface area contributed by atoms with Gasteiger partial charge in [-0.15, -0.1) is 0 Å². The molecule has 0 radical (unpaired) electrons. The van der Waals surface area contributed by atoms with Crippen LogP contribution in [0.15, 0.2) is 102 Å². The number of ether oxygens (including phenoxy) is 5. The van der Waals surface area contributed by atoms with Gasteiger partial charge in [0.1, 0.15) is 42.0 Å². The van der Waals surface area contributed by atoms with Gasteiger partial charge in [0, 0.05) is 70.1 Å². The summed E-state index contributed by atoms with van der Waals surface area (Å²) in [5.74, 6) is -2.78. The number of anilines is 1. The van der Waals surface area contributed by atoms with Gasteiger partial charge in [0.15, 0.2) is 22.5 Å². The monoisotopic (exact) mass is 1470 g/mol. The Balaban J connectivity index is 0.883. The van der Waals surface area contributed by atoms with E-state index in [1.807, 2.05) is 0 Å². The SMILES string of the molecule is Cc1ccc2c(-c3cc(C(=O)NCCNC(=O)c4cccc(OCC(N=[N+]=[N-])OCCOCC(=O)NCC#Cc5cn([C@H]6CC(O[C@](C)(F)N=[N+]=[N-])[C@@H](COP(=O)(O)OP(=O)(O)OP(=O)(O)O)O6)c(=O)nc5N)c4)ccc3C(=O)O)c3ccc(=N)c(S(=O)(=O)O)c-3oc2c1S(=O)(=O)O. The minimum absolute atomic E-state index is 0.0690. The highest BCUT2D eigenvalue weighted by Gasteiger charge is 2.46. The van der Waals surface area contributed by atoms with E-state index in [1.54, 1.807) is 0 Å². The van der Waals surface area contributed by atoms with Crippen molar-refractivity contribution in [2.24, 2.45) is 10.2 Å². The molecule has 524 valence electrons. The minimum atomic E-state index is -5.95. The maximum atomic E-state index is 14.9. The van der Waals surface area contributed by atoms with E-state index in [-0.39, 0.29) is 89.5 Å². The van der Waals surface area contributed by atoms with Gasteiger partial charge in [-0.05, 0) is 82.8 Å². The lowest BCUT2D eigenvalue weighted by atomic mass is 9.89. The molecule has 1 aromatic heterocycles. The number of halogens is 1. The molecule has 4 aromatic rings. The first-order valence-electron chi connectivity index (χ1n) is 27.2. The number of aromatic nitrogens is 2.